The Balaban J connectivity index is 3.87. The Labute approximate surface area is 66.8 Å². The summed E-state index contributed by atoms with van der Waals surface area (Å²) in [6, 6.07) is 0. The second-order valence-electron chi connectivity index (χ2n) is 3.09. The van der Waals surface area contributed by atoms with Crippen molar-refractivity contribution in [3.8, 4) is 0 Å². The maximum Gasteiger partial charge on any atom is 0.179 e. The van der Waals surface area contributed by atoms with Gasteiger partial charge in [0.1, 0.15) is 0 Å². The summed E-state index contributed by atoms with van der Waals surface area (Å²) in [5, 5.41) is 17.8. The molecule has 1 atom stereocenters. The highest BCUT2D eigenvalue weighted by Crippen LogP contribution is 2.21. The normalized spacial score (nSPS) is 15.9. The molecule has 0 rings (SSSR count). The average Bonchev–Trinajstić information content (AvgIpc) is 1.60. The van der Waals surface area contributed by atoms with E-state index in [2.05, 4.69) is 0 Å². The number of halogens is 1. The van der Waals surface area contributed by atoms with Gasteiger partial charge in [0, 0.05) is 6.42 Å². The van der Waals surface area contributed by atoms with Crippen LogP contribution >= 0.6 is 11.6 Å². The van der Waals surface area contributed by atoms with Gasteiger partial charge in [0.05, 0.1) is 5.38 Å². The lowest BCUT2D eigenvalue weighted by Gasteiger charge is -2.25. The minimum Gasteiger partial charge on any atom is -0.364 e. The van der Waals surface area contributed by atoms with Gasteiger partial charge in [-0.3, -0.25) is 0 Å². The zero-order valence-corrected chi connectivity index (χ0v) is 7.39. The molecule has 0 aromatic carbocycles. The Kier molecular flexibility index (Phi) is 3.63. The van der Waals surface area contributed by atoms with E-state index in [0.29, 0.717) is 6.42 Å². The lowest BCUT2D eigenvalue weighted by molar-refractivity contribution is -0.170. The largest absolute Gasteiger partial charge is 0.364 e. The van der Waals surface area contributed by atoms with Crippen molar-refractivity contribution in [1.82, 2.24) is 0 Å². The number of alkyl halides is 1. The highest BCUT2D eigenvalue weighted by molar-refractivity contribution is 6.20. The molecule has 0 aromatic rings. The molecule has 0 aliphatic carbocycles. The summed E-state index contributed by atoms with van der Waals surface area (Å²) in [5.41, 5.74) is 0. The van der Waals surface area contributed by atoms with Crippen LogP contribution in [-0.2, 0) is 0 Å². The highest BCUT2D eigenvalue weighted by atomic mass is 35.5. The summed E-state index contributed by atoms with van der Waals surface area (Å²) in [6.45, 7) is 5.41. The fraction of sp³-hybridized carbons (Fsp3) is 1.00. The molecule has 0 spiro atoms. The first-order valence-corrected chi connectivity index (χ1v) is 3.88. The van der Waals surface area contributed by atoms with Crippen molar-refractivity contribution in [2.24, 2.45) is 5.92 Å². The molecule has 0 aliphatic heterocycles. The summed E-state index contributed by atoms with van der Waals surface area (Å²) < 4.78 is 0. The fourth-order valence-corrected chi connectivity index (χ4v) is 0.852. The van der Waals surface area contributed by atoms with Gasteiger partial charge in [-0.05, 0) is 12.8 Å². The molecule has 0 aromatic heterocycles. The average molecular weight is 167 g/mol. The van der Waals surface area contributed by atoms with E-state index in [0.717, 1.165) is 0 Å². The maximum atomic E-state index is 9.19. The second-order valence-corrected chi connectivity index (χ2v) is 3.75. The first kappa shape index (κ1) is 10.2. The minimum absolute atomic E-state index is 0.246. The monoisotopic (exact) mass is 166 g/mol. The molecule has 0 fully saturated rings. The number of hydrogen-bond donors (Lipinski definition) is 2. The van der Waals surface area contributed by atoms with Crippen molar-refractivity contribution in [3.63, 3.8) is 0 Å². The molecule has 0 unspecified atom stereocenters. The van der Waals surface area contributed by atoms with Crippen molar-refractivity contribution in [3.05, 3.63) is 0 Å². The van der Waals surface area contributed by atoms with Crippen LogP contribution in [0.1, 0.15) is 27.2 Å². The van der Waals surface area contributed by atoms with Gasteiger partial charge in [0.25, 0.3) is 0 Å². The Morgan fingerprint density at radius 3 is 1.80 bits per heavy atom. The van der Waals surface area contributed by atoms with E-state index in [1.807, 2.05) is 13.8 Å². The van der Waals surface area contributed by atoms with Gasteiger partial charge in [-0.2, -0.15) is 0 Å². The Bertz CT molecular complexity index is 99.8. The van der Waals surface area contributed by atoms with Crippen LogP contribution in [0.2, 0.25) is 0 Å². The Morgan fingerprint density at radius 2 is 1.70 bits per heavy atom. The Hall–Kier alpha value is 0.210. The molecule has 2 N–H and O–H groups in total. The predicted molar refractivity (Wildman–Crippen MR) is 41.9 cm³/mol. The molecule has 0 radical (unpaired) electrons. The first-order valence-electron chi connectivity index (χ1n) is 3.45. The van der Waals surface area contributed by atoms with Crippen LogP contribution in [0, 0.1) is 5.92 Å². The maximum absolute atomic E-state index is 9.19. The molecule has 2 nitrogen and oxygen atoms in total. The van der Waals surface area contributed by atoms with E-state index < -0.39 is 11.2 Å². The van der Waals surface area contributed by atoms with Crippen LogP contribution < -0.4 is 0 Å². The van der Waals surface area contributed by atoms with Crippen molar-refractivity contribution in [2.75, 3.05) is 0 Å². The molecule has 0 saturated carbocycles. The molecule has 0 saturated heterocycles. The Morgan fingerprint density at radius 1 is 1.30 bits per heavy atom. The van der Waals surface area contributed by atoms with Gasteiger partial charge < -0.3 is 10.2 Å². The van der Waals surface area contributed by atoms with E-state index in [1.54, 1.807) is 6.92 Å². The van der Waals surface area contributed by atoms with E-state index in [9.17, 15) is 10.2 Å². The van der Waals surface area contributed by atoms with Crippen molar-refractivity contribution < 1.29 is 10.2 Å². The van der Waals surface area contributed by atoms with Gasteiger partial charge in [-0.15, -0.1) is 11.6 Å². The molecular weight excluding hydrogens is 152 g/mol. The van der Waals surface area contributed by atoms with Crippen LogP contribution in [0.25, 0.3) is 0 Å². The second kappa shape index (κ2) is 3.56. The lowest BCUT2D eigenvalue weighted by atomic mass is 10.0. The van der Waals surface area contributed by atoms with Crippen LogP contribution in [0.4, 0.5) is 0 Å². The van der Waals surface area contributed by atoms with Crippen molar-refractivity contribution >= 4 is 11.6 Å². The molecule has 0 bridgehead atoms. The van der Waals surface area contributed by atoms with Crippen LogP contribution in [-0.4, -0.2) is 21.4 Å². The lowest BCUT2D eigenvalue weighted by Crippen LogP contribution is -2.38. The summed E-state index contributed by atoms with van der Waals surface area (Å²) in [6.07, 6.45) is 0.317. The predicted octanol–water partition coefficient (Wildman–Crippen LogP) is 1.34. The van der Waals surface area contributed by atoms with Crippen LogP contribution in [0.5, 0.6) is 0 Å². The zero-order valence-electron chi connectivity index (χ0n) is 6.63. The SMILES string of the molecule is CC(C)CC(O)(O)[C@@H](C)Cl. The van der Waals surface area contributed by atoms with E-state index in [4.69, 9.17) is 11.6 Å². The molecule has 10 heavy (non-hydrogen) atoms. The minimum atomic E-state index is -1.71. The van der Waals surface area contributed by atoms with E-state index >= 15 is 0 Å². The van der Waals surface area contributed by atoms with E-state index in [-0.39, 0.29) is 5.92 Å². The van der Waals surface area contributed by atoms with Gasteiger partial charge in [0.15, 0.2) is 5.79 Å². The molecule has 0 heterocycles. The molecule has 0 amide bonds. The van der Waals surface area contributed by atoms with E-state index in [1.165, 1.54) is 0 Å². The third-order valence-corrected chi connectivity index (χ3v) is 1.70. The van der Waals surface area contributed by atoms with Gasteiger partial charge in [0.2, 0.25) is 0 Å². The summed E-state index contributed by atoms with van der Waals surface area (Å²) in [4.78, 5) is 0. The quantitative estimate of drug-likeness (QED) is 0.491. The summed E-state index contributed by atoms with van der Waals surface area (Å²) in [7, 11) is 0. The highest BCUT2D eigenvalue weighted by Gasteiger charge is 2.29. The fourth-order valence-electron chi connectivity index (χ4n) is 0.763. The molecule has 3 heteroatoms. The molecule has 62 valence electrons. The summed E-state index contributed by atoms with van der Waals surface area (Å²) in [5.74, 6) is -1.47. The van der Waals surface area contributed by atoms with Gasteiger partial charge in [-0.25, -0.2) is 0 Å². The van der Waals surface area contributed by atoms with Gasteiger partial charge >= 0.3 is 0 Å². The summed E-state index contributed by atoms with van der Waals surface area (Å²) >= 11 is 5.51. The van der Waals surface area contributed by atoms with Crippen LogP contribution in [0.3, 0.4) is 0 Å². The van der Waals surface area contributed by atoms with Crippen molar-refractivity contribution in [2.45, 2.75) is 38.4 Å². The number of aliphatic hydroxyl groups is 2. The zero-order chi connectivity index (χ0) is 8.36. The third kappa shape index (κ3) is 3.40. The smallest absolute Gasteiger partial charge is 0.179 e. The van der Waals surface area contributed by atoms with Crippen molar-refractivity contribution in [1.29, 1.82) is 0 Å². The first-order chi connectivity index (χ1) is 4.36. The molecular formula is C7H15ClO2. The third-order valence-electron chi connectivity index (χ3n) is 1.35. The number of hydrogen-bond acceptors (Lipinski definition) is 2. The van der Waals surface area contributed by atoms with Gasteiger partial charge in [-0.1, -0.05) is 13.8 Å². The van der Waals surface area contributed by atoms with Crippen LogP contribution in [0.15, 0.2) is 0 Å². The topological polar surface area (TPSA) is 40.5 Å². The standard InChI is InChI=1S/C7H15ClO2/c1-5(2)4-7(9,10)6(3)8/h5-6,9-10H,4H2,1-3H3/t6-/m1/s1. The molecule has 0 aliphatic rings. The number of rotatable bonds is 3.